The van der Waals surface area contributed by atoms with Gasteiger partial charge >= 0.3 is 6.03 Å². The summed E-state index contributed by atoms with van der Waals surface area (Å²) in [7, 11) is -0.758. The van der Waals surface area contributed by atoms with Crippen LogP contribution in [0.25, 0.3) is 0 Å². The van der Waals surface area contributed by atoms with E-state index in [2.05, 4.69) is 15.0 Å². The van der Waals surface area contributed by atoms with E-state index < -0.39 is 39.7 Å². The zero-order valence-electron chi connectivity index (χ0n) is 29.9. The van der Waals surface area contributed by atoms with E-state index in [0.717, 1.165) is 17.5 Å². The fourth-order valence-corrected chi connectivity index (χ4v) is 7.72. The lowest BCUT2D eigenvalue weighted by molar-refractivity contribution is -0.138. The fraction of sp³-hybridized carbons (Fsp3) is 0.568. The maximum atomic E-state index is 14.0. The third-order valence-electron chi connectivity index (χ3n) is 9.02. The Morgan fingerprint density at radius 1 is 0.880 bits per heavy atom. The molecule has 0 radical (unpaired) electrons. The number of Topliss-reactive ketones (excluding diaryl/α,β-unsaturated/α-hetero) is 1. The Morgan fingerprint density at radius 3 is 2.06 bits per heavy atom. The number of hydrogen-bond acceptors (Lipinski definition) is 8. The maximum Gasteiger partial charge on any atom is 0.318 e. The van der Waals surface area contributed by atoms with Crippen LogP contribution in [-0.2, 0) is 37.1 Å². The number of carbonyl (C=O) groups is 4. The molecular weight excluding hydrogens is 655 g/mol. The molecule has 3 rings (SSSR count). The van der Waals surface area contributed by atoms with Crippen LogP contribution < -0.4 is 22.1 Å². The maximum absolute atomic E-state index is 14.0. The third kappa shape index (κ3) is 13.1. The van der Waals surface area contributed by atoms with E-state index in [1.165, 1.54) is 0 Å². The largest absolute Gasteiger partial charge is 0.344 e. The molecule has 3 atom stereocenters. The van der Waals surface area contributed by atoms with Crippen molar-refractivity contribution in [3.05, 3.63) is 71.8 Å². The Kier molecular flexibility index (Phi) is 16.9. The predicted octanol–water partition coefficient (Wildman–Crippen LogP) is 2.94. The summed E-state index contributed by atoms with van der Waals surface area (Å²) in [6, 6.07) is 16.7. The molecule has 2 aromatic carbocycles. The summed E-state index contributed by atoms with van der Waals surface area (Å²) in [5.41, 5.74) is 13.4. The summed E-state index contributed by atoms with van der Waals surface area (Å²) >= 11 is 0. The number of urea groups is 1. The van der Waals surface area contributed by atoms with Crippen molar-refractivity contribution in [1.82, 2.24) is 20.4 Å². The number of rotatable bonds is 19. The van der Waals surface area contributed by atoms with E-state index in [1.54, 1.807) is 16.8 Å². The lowest BCUT2D eigenvalue weighted by Crippen LogP contribution is -2.55. The predicted molar refractivity (Wildman–Crippen MR) is 199 cm³/mol. The molecule has 0 bridgehead atoms. The first-order valence-corrected chi connectivity index (χ1v) is 19.6. The highest BCUT2D eigenvalue weighted by Crippen LogP contribution is 2.21. The van der Waals surface area contributed by atoms with Crippen molar-refractivity contribution in [2.24, 2.45) is 27.7 Å². The summed E-state index contributed by atoms with van der Waals surface area (Å²) in [4.78, 5) is 58.7. The smallest absolute Gasteiger partial charge is 0.318 e. The SMILES string of the molecule is CN=S1(=O)CCN(C(=O)[C@@H](CCCCN)CC(=O)[C@@H](CC(C)C)NC(=O)[C@@H](Cc2ccccc2)NC(=O)N(CCN)Cc2ccccc2)CC1. The lowest BCUT2D eigenvalue weighted by Gasteiger charge is -2.32. The molecule has 4 amide bonds. The average Bonchev–Trinajstić information content (AvgIpc) is 3.11. The molecule has 6 N–H and O–H groups in total. The van der Waals surface area contributed by atoms with E-state index in [0.29, 0.717) is 56.9 Å². The van der Waals surface area contributed by atoms with Crippen LogP contribution in [0.15, 0.2) is 65.0 Å². The Bertz CT molecular complexity index is 1480. The van der Waals surface area contributed by atoms with Crippen LogP contribution in [0.1, 0.15) is 57.1 Å². The van der Waals surface area contributed by atoms with E-state index in [9.17, 15) is 23.4 Å². The number of benzene rings is 2. The van der Waals surface area contributed by atoms with Gasteiger partial charge in [-0.2, -0.15) is 0 Å². The monoisotopic (exact) mass is 711 g/mol. The van der Waals surface area contributed by atoms with E-state index in [-0.39, 0.29) is 43.5 Å². The van der Waals surface area contributed by atoms with Crippen molar-refractivity contribution in [1.29, 1.82) is 0 Å². The zero-order chi connectivity index (χ0) is 36.5. The quantitative estimate of drug-likeness (QED) is 0.162. The van der Waals surface area contributed by atoms with Gasteiger partial charge in [0.1, 0.15) is 6.04 Å². The van der Waals surface area contributed by atoms with Crippen molar-refractivity contribution in [2.45, 2.75) is 71.0 Å². The van der Waals surface area contributed by atoms with Gasteiger partial charge in [0.25, 0.3) is 0 Å². The zero-order valence-corrected chi connectivity index (χ0v) is 30.7. The second kappa shape index (κ2) is 20.8. The van der Waals surface area contributed by atoms with Gasteiger partial charge in [-0.15, -0.1) is 0 Å². The minimum Gasteiger partial charge on any atom is -0.344 e. The van der Waals surface area contributed by atoms with Gasteiger partial charge in [0, 0.05) is 79.8 Å². The van der Waals surface area contributed by atoms with Crippen molar-refractivity contribution < 1.29 is 23.4 Å². The number of nitrogens with zero attached hydrogens (tertiary/aromatic N) is 3. The molecular formula is C37H57N7O5S. The first-order chi connectivity index (χ1) is 24.0. The first kappa shape index (κ1) is 40.6. The minimum atomic E-state index is -2.31. The molecule has 1 saturated heterocycles. The number of carbonyl (C=O) groups excluding carboxylic acids is 4. The van der Waals surface area contributed by atoms with Gasteiger partial charge in [0.05, 0.1) is 6.04 Å². The fourth-order valence-electron chi connectivity index (χ4n) is 6.14. The molecule has 50 heavy (non-hydrogen) atoms. The molecule has 0 saturated carbocycles. The molecule has 13 heteroatoms. The van der Waals surface area contributed by atoms with Crippen molar-refractivity contribution in [3.8, 4) is 0 Å². The van der Waals surface area contributed by atoms with Gasteiger partial charge in [-0.25, -0.2) is 13.4 Å². The lowest BCUT2D eigenvalue weighted by atomic mass is 9.89. The molecule has 1 fully saturated rings. The molecule has 276 valence electrons. The van der Waals surface area contributed by atoms with Crippen molar-refractivity contribution >= 4 is 33.4 Å². The molecule has 0 unspecified atom stereocenters. The second-order valence-corrected chi connectivity index (χ2v) is 16.1. The number of nitrogens with one attached hydrogen (secondary N) is 2. The van der Waals surface area contributed by atoms with Gasteiger partial charge in [-0.3, -0.25) is 14.4 Å². The van der Waals surface area contributed by atoms with Crippen LogP contribution >= 0.6 is 0 Å². The summed E-state index contributed by atoms with van der Waals surface area (Å²) in [6.45, 7) is 5.93. The summed E-state index contributed by atoms with van der Waals surface area (Å²) < 4.78 is 16.8. The Hall–Kier alpha value is -3.81. The highest BCUT2D eigenvalue weighted by atomic mass is 32.2. The minimum absolute atomic E-state index is 0.0395. The van der Waals surface area contributed by atoms with Crippen LogP contribution in [-0.4, -0.2) is 101 Å². The molecule has 0 spiro atoms. The van der Waals surface area contributed by atoms with Crippen LogP contribution in [0.5, 0.6) is 0 Å². The van der Waals surface area contributed by atoms with Gasteiger partial charge in [0.2, 0.25) is 11.8 Å². The van der Waals surface area contributed by atoms with Crippen LogP contribution in [0.4, 0.5) is 4.79 Å². The third-order valence-corrected chi connectivity index (χ3v) is 11.3. The van der Waals surface area contributed by atoms with E-state index in [1.807, 2.05) is 74.5 Å². The first-order valence-electron chi connectivity index (χ1n) is 17.7. The molecule has 1 aliphatic rings. The standard InChI is InChI=1S/C37H57N7O5S/c1-28(2)24-32(34(45)26-31(16-10-11-17-38)36(47)43-20-22-50(49,40-3)23-21-43)41-35(46)33(25-29-12-6-4-7-13-29)42-37(48)44(19-18-39)27-30-14-8-5-9-15-30/h4-9,12-15,28,31-33H,10-11,16-27,38-39H2,1-3H3,(H,41,46)(H,42,48)/t31-,32+,33+/m0/s1. The number of amides is 4. The molecule has 1 heterocycles. The number of unbranched alkanes of at least 4 members (excludes halogenated alkanes) is 1. The number of hydrogen-bond donors (Lipinski definition) is 4. The Balaban J connectivity index is 1.81. The normalized spacial score (nSPS) is 15.8. The van der Waals surface area contributed by atoms with Gasteiger partial charge in [0.15, 0.2) is 5.78 Å². The molecule has 0 aromatic heterocycles. The molecule has 0 aliphatic carbocycles. The van der Waals surface area contributed by atoms with E-state index >= 15 is 0 Å². The highest BCUT2D eigenvalue weighted by molar-refractivity contribution is 7.93. The van der Waals surface area contributed by atoms with E-state index in [4.69, 9.17) is 11.5 Å². The van der Waals surface area contributed by atoms with Gasteiger partial charge in [-0.05, 0) is 42.9 Å². The van der Waals surface area contributed by atoms with Crippen LogP contribution in [0, 0.1) is 11.8 Å². The summed E-state index contributed by atoms with van der Waals surface area (Å²) in [5.74, 6) is -0.751. The van der Waals surface area contributed by atoms with Crippen molar-refractivity contribution in [3.63, 3.8) is 0 Å². The number of nitrogens with two attached hydrogens (primary N) is 2. The number of ketones is 1. The molecule has 2 aromatic rings. The second-order valence-electron chi connectivity index (χ2n) is 13.4. The Labute approximate surface area is 298 Å². The summed E-state index contributed by atoms with van der Waals surface area (Å²) in [5, 5.41) is 5.88. The molecule has 12 nitrogen and oxygen atoms in total. The van der Waals surface area contributed by atoms with Gasteiger partial charge in [-0.1, -0.05) is 80.9 Å². The highest BCUT2D eigenvalue weighted by Gasteiger charge is 2.34. The van der Waals surface area contributed by atoms with Crippen molar-refractivity contribution in [2.75, 3.05) is 51.3 Å². The average molecular weight is 712 g/mol. The summed E-state index contributed by atoms with van der Waals surface area (Å²) in [6.07, 6.45) is 2.44. The van der Waals surface area contributed by atoms with Crippen LogP contribution in [0.3, 0.4) is 0 Å². The van der Waals surface area contributed by atoms with Gasteiger partial charge < -0.3 is 31.9 Å². The topological polar surface area (TPSA) is 180 Å². The molecule has 1 aliphatic heterocycles. The van der Waals surface area contributed by atoms with Crippen LogP contribution in [0.2, 0.25) is 0 Å². The Morgan fingerprint density at radius 2 is 1.50 bits per heavy atom.